The van der Waals surface area contributed by atoms with Crippen molar-refractivity contribution in [2.24, 2.45) is 0 Å². The van der Waals surface area contributed by atoms with Crippen molar-refractivity contribution >= 4 is 11.8 Å². The van der Waals surface area contributed by atoms with Gasteiger partial charge in [0.05, 0.1) is 0 Å². The van der Waals surface area contributed by atoms with Gasteiger partial charge in [0.15, 0.2) is 0 Å². The first-order valence-corrected chi connectivity index (χ1v) is 8.18. The molecule has 0 atom stereocenters. The molecular formula is C19H20F2N2O3. The Bertz CT molecular complexity index is 706. The topological polar surface area (TPSA) is 67.4 Å². The summed E-state index contributed by atoms with van der Waals surface area (Å²) in [6.07, 6.45) is 0.799. The minimum absolute atomic E-state index is 0.0734. The molecule has 0 aliphatic carbocycles. The lowest BCUT2D eigenvalue weighted by molar-refractivity contribution is -0.121. The second kappa shape index (κ2) is 10.1. The van der Waals surface area contributed by atoms with Crippen LogP contribution in [0.2, 0.25) is 0 Å². The first-order chi connectivity index (χ1) is 12.5. The maximum Gasteiger partial charge on any atom is 0.387 e. The maximum absolute atomic E-state index is 12.1. The second-order valence-electron chi connectivity index (χ2n) is 5.52. The molecule has 0 saturated heterocycles. The van der Waals surface area contributed by atoms with Gasteiger partial charge < -0.3 is 15.4 Å². The van der Waals surface area contributed by atoms with Gasteiger partial charge in [-0.25, -0.2) is 0 Å². The summed E-state index contributed by atoms with van der Waals surface area (Å²) in [5, 5.41) is 5.49. The fourth-order valence-electron chi connectivity index (χ4n) is 2.22. The molecule has 0 aliphatic rings. The van der Waals surface area contributed by atoms with Crippen molar-refractivity contribution in [3.05, 3.63) is 65.7 Å². The van der Waals surface area contributed by atoms with Gasteiger partial charge in [-0.05, 0) is 36.2 Å². The fourth-order valence-corrected chi connectivity index (χ4v) is 2.22. The number of amides is 2. The van der Waals surface area contributed by atoms with Gasteiger partial charge in [0.25, 0.3) is 5.91 Å². The van der Waals surface area contributed by atoms with E-state index in [4.69, 9.17) is 0 Å². The zero-order chi connectivity index (χ0) is 18.8. The van der Waals surface area contributed by atoms with E-state index in [0.717, 1.165) is 5.56 Å². The third-order valence-electron chi connectivity index (χ3n) is 3.54. The number of carbonyl (C=O) groups excluding carboxylic acids is 2. The van der Waals surface area contributed by atoms with Gasteiger partial charge in [0.1, 0.15) is 5.75 Å². The molecule has 0 heterocycles. The number of ether oxygens (including phenoxy) is 1. The molecule has 0 aliphatic heterocycles. The SMILES string of the molecule is O=C(CCCNC(=O)c1ccccc1)NCc1ccc(OC(F)F)cc1. The van der Waals surface area contributed by atoms with E-state index in [0.29, 0.717) is 25.1 Å². The third-order valence-corrected chi connectivity index (χ3v) is 3.54. The van der Waals surface area contributed by atoms with E-state index in [1.54, 1.807) is 36.4 Å². The molecular weight excluding hydrogens is 342 g/mol. The average Bonchev–Trinajstić information content (AvgIpc) is 2.65. The molecule has 0 bridgehead atoms. The normalized spacial score (nSPS) is 10.4. The van der Waals surface area contributed by atoms with Crippen molar-refractivity contribution in [3.8, 4) is 5.75 Å². The second-order valence-corrected chi connectivity index (χ2v) is 5.52. The van der Waals surface area contributed by atoms with Crippen molar-refractivity contribution in [1.29, 1.82) is 0 Å². The van der Waals surface area contributed by atoms with Crippen LogP contribution in [0.25, 0.3) is 0 Å². The highest BCUT2D eigenvalue weighted by molar-refractivity contribution is 5.94. The number of nitrogens with one attached hydrogen (secondary N) is 2. The van der Waals surface area contributed by atoms with Crippen molar-refractivity contribution in [1.82, 2.24) is 10.6 Å². The van der Waals surface area contributed by atoms with Crippen LogP contribution in [0.15, 0.2) is 54.6 Å². The summed E-state index contributed by atoms with van der Waals surface area (Å²) in [5.74, 6) is -0.242. The zero-order valence-electron chi connectivity index (χ0n) is 14.1. The molecule has 2 aromatic rings. The predicted molar refractivity (Wildman–Crippen MR) is 92.9 cm³/mol. The first kappa shape index (κ1) is 19.4. The number of rotatable bonds is 9. The molecule has 2 N–H and O–H groups in total. The lowest BCUT2D eigenvalue weighted by Gasteiger charge is -2.08. The molecule has 2 rings (SSSR count). The summed E-state index contributed by atoms with van der Waals surface area (Å²) in [6, 6.07) is 14.9. The molecule has 0 saturated carbocycles. The van der Waals surface area contributed by atoms with Crippen LogP contribution in [0.5, 0.6) is 5.75 Å². The summed E-state index contributed by atoms with van der Waals surface area (Å²) < 4.78 is 28.4. The Morgan fingerprint density at radius 3 is 2.31 bits per heavy atom. The molecule has 5 nitrogen and oxygen atoms in total. The number of carbonyl (C=O) groups is 2. The molecule has 0 fully saturated rings. The Morgan fingerprint density at radius 1 is 0.962 bits per heavy atom. The standard InChI is InChI=1S/C19H20F2N2O3/c20-19(21)26-16-10-8-14(9-11-16)13-23-17(24)7-4-12-22-18(25)15-5-2-1-3-6-15/h1-3,5-6,8-11,19H,4,7,12-13H2,(H,22,25)(H,23,24). The Balaban J connectivity index is 1.62. The molecule has 0 aromatic heterocycles. The van der Waals surface area contributed by atoms with E-state index >= 15 is 0 Å². The van der Waals surface area contributed by atoms with Crippen LogP contribution in [-0.2, 0) is 11.3 Å². The van der Waals surface area contributed by atoms with Gasteiger partial charge >= 0.3 is 6.61 Å². The van der Waals surface area contributed by atoms with Gasteiger partial charge in [0, 0.05) is 25.1 Å². The van der Waals surface area contributed by atoms with Gasteiger partial charge in [0.2, 0.25) is 5.91 Å². The first-order valence-electron chi connectivity index (χ1n) is 8.18. The molecule has 0 spiro atoms. The lowest BCUT2D eigenvalue weighted by Crippen LogP contribution is -2.27. The fraction of sp³-hybridized carbons (Fsp3) is 0.263. The van der Waals surface area contributed by atoms with Gasteiger partial charge in [-0.1, -0.05) is 30.3 Å². The van der Waals surface area contributed by atoms with Crippen LogP contribution < -0.4 is 15.4 Å². The smallest absolute Gasteiger partial charge is 0.387 e. The van der Waals surface area contributed by atoms with Gasteiger partial charge in [-0.3, -0.25) is 9.59 Å². The third kappa shape index (κ3) is 6.88. The molecule has 2 aromatic carbocycles. The quantitative estimate of drug-likeness (QED) is 0.674. The van der Waals surface area contributed by atoms with Crippen molar-refractivity contribution < 1.29 is 23.1 Å². The van der Waals surface area contributed by atoms with Crippen LogP contribution >= 0.6 is 0 Å². The maximum atomic E-state index is 12.1. The molecule has 0 unspecified atom stereocenters. The van der Waals surface area contributed by atoms with Gasteiger partial charge in [-0.2, -0.15) is 8.78 Å². The van der Waals surface area contributed by atoms with E-state index in [2.05, 4.69) is 15.4 Å². The lowest BCUT2D eigenvalue weighted by atomic mass is 10.2. The molecule has 26 heavy (non-hydrogen) atoms. The minimum Gasteiger partial charge on any atom is -0.435 e. The Labute approximate surface area is 150 Å². The predicted octanol–water partition coefficient (Wildman–Crippen LogP) is 3.11. The number of hydrogen-bond donors (Lipinski definition) is 2. The Morgan fingerprint density at radius 2 is 1.65 bits per heavy atom. The monoisotopic (exact) mass is 362 g/mol. The van der Waals surface area contributed by atoms with E-state index < -0.39 is 6.61 Å². The number of halogens is 2. The van der Waals surface area contributed by atoms with E-state index in [1.165, 1.54) is 12.1 Å². The van der Waals surface area contributed by atoms with Crippen LogP contribution in [0.1, 0.15) is 28.8 Å². The summed E-state index contributed by atoms with van der Waals surface area (Å²) in [6.45, 7) is -2.16. The molecule has 2 amide bonds. The van der Waals surface area contributed by atoms with Crippen LogP contribution in [0.3, 0.4) is 0 Å². The van der Waals surface area contributed by atoms with E-state index in [-0.39, 0.29) is 24.0 Å². The Hall–Kier alpha value is -2.96. The van der Waals surface area contributed by atoms with Crippen molar-refractivity contribution in [3.63, 3.8) is 0 Å². The van der Waals surface area contributed by atoms with E-state index in [1.807, 2.05) is 6.07 Å². The summed E-state index contributed by atoms with van der Waals surface area (Å²) in [7, 11) is 0. The average molecular weight is 362 g/mol. The van der Waals surface area contributed by atoms with Crippen molar-refractivity contribution in [2.75, 3.05) is 6.54 Å². The summed E-state index contributed by atoms with van der Waals surface area (Å²) >= 11 is 0. The Kier molecular flexibility index (Phi) is 7.54. The molecule has 0 radical (unpaired) electrons. The van der Waals surface area contributed by atoms with Crippen LogP contribution in [-0.4, -0.2) is 25.0 Å². The summed E-state index contributed by atoms with van der Waals surface area (Å²) in [4.78, 5) is 23.6. The van der Waals surface area contributed by atoms with Crippen LogP contribution in [0, 0.1) is 0 Å². The van der Waals surface area contributed by atoms with Crippen molar-refractivity contribution in [2.45, 2.75) is 26.0 Å². The highest BCUT2D eigenvalue weighted by Gasteiger charge is 2.06. The highest BCUT2D eigenvalue weighted by Crippen LogP contribution is 2.14. The highest BCUT2D eigenvalue weighted by atomic mass is 19.3. The van der Waals surface area contributed by atoms with E-state index in [9.17, 15) is 18.4 Å². The molecule has 138 valence electrons. The van der Waals surface area contributed by atoms with Gasteiger partial charge in [-0.15, -0.1) is 0 Å². The molecule has 7 heteroatoms. The van der Waals surface area contributed by atoms with Crippen LogP contribution in [0.4, 0.5) is 8.78 Å². The minimum atomic E-state index is -2.86. The number of alkyl halides is 2. The number of benzene rings is 2. The number of hydrogen-bond acceptors (Lipinski definition) is 3. The zero-order valence-corrected chi connectivity index (χ0v) is 14.1. The summed E-state index contributed by atoms with van der Waals surface area (Å²) in [5.41, 5.74) is 1.36. The largest absolute Gasteiger partial charge is 0.435 e.